The lowest BCUT2D eigenvalue weighted by molar-refractivity contribution is -0.144. The SMILES string of the molecule is Cc1c(C#N)c2ccccc2n1CC(=O)NC1CCOC2(CCOCC2)C1. The van der Waals surface area contributed by atoms with Gasteiger partial charge in [0.1, 0.15) is 12.6 Å². The van der Waals surface area contributed by atoms with Gasteiger partial charge >= 0.3 is 0 Å². The summed E-state index contributed by atoms with van der Waals surface area (Å²) in [6.07, 6.45) is 3.47. The second kappa shape index (κ2) is 7.34. The van der Waals surface area contributed by atoms with E-state index in [-0.39, 0.29) is 24.1 Å². The molecule has 0 saturated carbocycles. The first-order valence-electron chi connectivity index (χ1n) is 9.61. The minimum Gasteiger partial charge on any atom is -0.381 e. The second-order valence-corrected chi connectivity index (χ2v) is 7.58. The number of nitrogens with one attached hydrogen (secondary N) is 1. The third kappa shape index (κ3) is 3.45. The largest absolute Gasteiger partial charge is 0.381 e. The van der Waals surface area contributed by atoms with Crippen LogP contribution in [-0.4, -0.2) is 41.9 Å². The molecule has 142 valence electrons. The van der Waals surface area contributed by atoms with Gasteiger partial charge in [0.05, 0.1) is 16.7 Å². The number of nitriles is 1. The molecular weight excluding hydrogens is 342 g/mol. The molecule has 3 heterocycles. The molecule has 1 unspecified atom stereocenters. The topological polar surface area (TPSA) is 76.3 Å². The van der Waals surface area contributed by atoms with Crippen LogP contribution in [0.3, 0.4) is 0 Å². The second-order valence-electron chi connectivity index (χ2n) is 7.58. The molecule has 1 aromatic heterocycles. The first-order chi connectivity index (χ1) is 13.1. The summed E-state index contributed by atoms with van der Waals surface area (Å²) in [7, 11) is 0. The molecule has 6 heteroatoms. The summed E-state index contributed by atoms with van der Waals surface area (Å²) in [5.74, 6) is -0.0162. The van der Waals surface area contributed by atoms with Gasteiger partial charge in [-0.2, -0.15) is 5.26 Å². The fourth-order valence-electron chi connectivity index (χ4n) is 4.44. The Morgan fingerprint density at radius 3 is 2.89 bits per heavy atom. The van der Waals surface area contributed by atoms with Crippen LogP contribution in [0, 0.1) is 18.3 Å². The maximum Gasteiger partial charge on any atom is 0.240 e. The van der Waals surface area contributed by atoms with Gasteiger partial charge in [-0.05, 0) is 38.7 Å². The Morgan fingerprint density at radius 1 is 1.33 bits per heavy atom. The highest BCUT2D eigenvalue weighted by Crippen LogP contribution is 2.34. The predicted molar refractivity (Wildman–Crippen MR) is 101 cm³/mol. The first kappa shape index (κ1) is 18.0. The van der Waals surface area contributed by atoms with Crippen molar-refractivity contribution in [2.45, 2.75) is 50.8 Å². The molecule has 2 fully saturated rings. The molecule has 2 aliphatic rings. The smallest absolute Gasteiger partial charge is 0.240 e. The fraction of sp³-hybridized carbons (Fsp3) is 0.524. The predicted octanol–water partition coefficient (Wildman–Crippen LogP) is 2.67. The van der Waals surface area contributed by atoms with Gasteiger partial charge in [-0.25, -0.2) is 0 Å². The van der Waals surface area contributed by atoms with Crippen molar-refractivity contribution in [3.63, 3.8) is 0 Å². The van der Waals surface area contributed by atoms with E-state index in [1.54, 1.807) is 0 Å². The summed E-state index contributed by atoms with van der Waals surface area (Å²) in [4.78, 5) is 12.8. The molecule has 1 spiro atoms. The average Bonchev–Trinajstić information content (AvgIpc) is 2.93. The zero-order valence-corrected chi connectivity index (χ0v) is 15.7. The Kier molecular flexibility index (Phi) is 4.90. The van der Waals surface area contributed by atoms with Crippen LogP contribution in [0.1, 0.15) is 36.9 Å². The number of amides is 1. The maximum atomic E-state index is 12.8. The number of para-hydroxylation sites is 1. The number of ether oxygens (including phenoxy) is 2. The number of nitrogens with zero attached hydrogens (tertiary/aromatic N) is 2. The van der Waals surface area contributed by atoms with Gasteiger partial charge in [0.25, 0.3) is 0 Å². The Labute approximate surface area is 159 Å². The van der Waals surface area contributed by atoms with Crippen molar-refractivity contribution in [3.8, 4) is 6.07 Å². The highest BCUT2D eigenvalue weighted by molar-refractivity contribution is 5.89. The third-order valence-corrected chi connectivity index (χ3v) is 5.91. The third-order valence-electron chi connectivity index (χ3n) is 5.91. The highest BCUT2D eigenvalue weighted by atomic mass is 16.5. The van der Waals surface area contributed by atoms with Gasteiger partial charge in [0, 0.05) is 36.9 Å². The maximum absolute atomic E-state index is 12.8. The van der Waals surface area contributed by atoms with Gasteiger partial charge in [-0.1, -0.05) is 18.2 Å². The van der Waals surface area contributed by atoms with Crippen molar-refractivity contribution in [3.05, 3.63) is 35.5 Å². The van der Waals surface area contributed by atoms with Gasteiger partial charge in [-0.15, -0.1) is 0 Å². The molecule has 0 bridgehead atoms. The minimum atomic E-state index is -0.140. The Bertz CT molecular complexity index is 884. The van der Waals surface area contributed by atoms with Crippen molar-refractivity contribution < 1.29 is 14.3 Å². The summed E-state index contributed by atoms with van der Waals surface area (Å²) in [5.41, 5.74) is 2.26. The number of carbonyl (C=O) groups is 1. The summed E-state index contributed by atoms with van der Waals surface area (Å²) in [5, 5.41) is 13.6. The lowest BCUT2D eigenvalue weighted by Crippen LogP contribution is -2.51. The Hall–Kier alpha value is -2.36. The number of aromatic nitrogens is 1. The number of fused-ring (bicyclic) bond motifs is 1. The lowest BCUT2D eigenvalue weighted by atomic mass is 9.84. The van der Waals surface area contributed by atoms with Crippen molar-refractivity contribution in [2.75, 3.05) is 19.8 Å². The quantitative estimate of drug-likeness (QED) is 0.905. The van der Waals surface area contributed by atoms with Gasteiger partial charge < -0.3 is 19.4 Å². The van der Waals surface area contributed by atoms with Gasteiger partial charge in [0.2, 0.25) is 5.91 Å². The number of hydrogen-bond acceptors (Lipinski definition) is 4. The van der Waals surface area contributed by atoms with E-state index in [1.807, 2.05) is 35.8 Å². The molecule has 2 aliphatic heterocycles. The number of hydrogen-bond donors (Lipinski definition) is 1. The normalized spacial score (nSPS) is 21.9. The van der Waals surface area contributed by atoms with Crippen LogP contribution < -0.4 is 5.32 Å². The Balaban J connectivity index is 1.48. The van der Waals surface area contributed by atoms with Crippen LogP contribution in [0.4, 0.5) is 0 Å². The molecular formula is C21H25N3O3. The summed E-state index contributed by atoms with van der Waals surface area (Å²) in [6.45, 7) is 4.26. The van der Waals surface area contributed by atoms with Crippen LogP contribution in [0.25, 0.3) is 10.9 Å². The molecule has 0 radical (unpaired) electrons. The summed E-state index contributed by atoms with van der Waals surface area (Å²) >= 11 is 0. The monoisotopic (exact) mass is 367 g/mol. The zero-order chi connectivity index (χ0) is 18.9. The molecule has 6 nitrogen and oxygen atoms in total. The van der Waals surface area contributed by atoms with E-state index >= 15 is 0 Å². The zero-order valence-electron chi connectivity index (χ0n) is 15.7. The van der Waals surface area contributed by atoms with Crippen LogP contribution in [0.5, 0.6) is 0 Å². The first-order valence-corrected chi connectivity index (χ1v) is 9.61. The van der Waals surface area contributed by atoms with Crippen molar-refractivity contribution in [1.29, 1.82) is 5.26 Å². The molecule has 1 aromatic carbocycles. The van der Waals surface area contributed by atoms with Crippen molar-refractivity contribution >= 4 is 16.8 Å². The lowest BCUT2D eigenvalue weighted by Gasteiger charge is -2.43. The molecule has 4 rings (SSSR count). The summed E-state index contributed by atoms with van der Waals surface area (Å²) < 4.78 is 13.5. The number of benzene rings is 1. The molecule has 0 aliphatic carbocycles. The van der Waals surface area contributed by atoms with Gasteiger partial charge in [0.15, 0.2) is 0 Å². The number of carbonyl (C=O) groups excluding carboxylic acids is 1. The standard InChI is InChI=1S/C21H25N3O3/c1-15-18(13-22)17-4-2-3-5-19(17)24(15)14-20(25)23-16-6-9-27-21(12-16)7-10-26-11-8-21/h2-5,16H,6-12,14H2,1H3,(H,23,25). The van der Waals surface area contributed by atoms with Crippen molar-refractivity contribution in [2.24, 2.45) is 0 Å². The van der Waals surface area contributed by atoms with E-state index in [0.717, 1.165) is 55.5 Å². The van der Waals surface area contributed by atoms with Crippen LogP contribution in [0.15, 0.2) is 24.3 Å². The molecule has 1 N–H and O–H groups in total. The molecule has 1 atom stereocenters. The Morgan fingerprint density at radius 2 is 2.11 bits per heavy atom. The van der Waals surface area contributed by atoms with Gasteiger partial charge in [-0.3, -0.25) is 4.79 Å². The molecule has 1 amide bonds. The van der Waals surface area contributed by atoms with Crippen LogP contribution in [0.2, 0.25) is 0 Å². The average molecular weight is 367 g/mol. The fourth-order valence-corrected chi connectivity index (χ4v) is 4.44. The van der Waals surface area contributed by atoms with E-state index in [9.17, 15) is 10.1 Å². The molecule has 2 aromatic rings. The molecule has 27 heavy (non-hydrogen) atoms. The molecule has 2 saturated heterocycles. The van der Waals surface area contributed by atoms with E-state index in [0.29, 0.717) is 12.2 Å². The van der Waals surface area contributed by atoms with Crippen LogP contribution >= 0.6 is 0 Å². The highest BCUT2D eigenvalue weighted by Gasteiger charge is 2.39. The van der Waals surface area contributed by atoms with E-state index in [2.05, 4.69) is 11.4 Å². The van der Waals surface area contributed by atoms with E-state index < -0.39 is 0 Å². The van der Waals surface area contributed by atoms with E-state index in [1.165, 1.54) is 0 Å². The van der Waals surface area contributed by atoms with Crippen molar-refractivity contribution in [1.82, 2.24) is 9.88 Å². The van der Waals surface area contributed by atoms with Crippen LogP contribution in [-0.2, 0) is 20.8 Å². The number of rotatable bonds is 3. The minimum absolute atomic E-state index is 0.0162. The summed E-state index contributed by atoms with van der Waals surface area (Å²) in [6, 6.07) is 10.1. The van der Waals surface area contributed by atoms with E-state index in [4.69, 9.17) is 9.47 Å².